The molecule has 2 aromatic carbocycles. The van der Waals surface area contributed by atoms with Crippen molar-refractivity contribution < 1.29 is 9.53 Å². The van der Waals surface area contributed by atoms with Gasteiger partial charge in [0.1, 0.15) is 17.3 Å². The van der Waals surface area contributed by atoms with Gasteiger partial charge in [-0.2, -0.15) is 0 Å². The van der Waals surface area contributed by atoms with E-state index in [1.165, 1.54) is 5.57 Å². The smallest absolute Gasteiger partial charge is 0.228 e. The van der Waals surface area contributed by atoms with Crippen LogP contribution in [0.15, 0.2) is 53.5 Å². The largest absolute Gasteiger partial charge is 0.457 e. The second-order valence-electron chi connectivity index (χ2n) is 8.53. The summed E-state index contributed by atoms with van der Waals surface area (Å²) in [6.07, 6.45) is 4.76. The lowest BCUT2D eigenvalue weighted by Crippen LogP contribution is -2.30. The number of rotatable bonds is 5. The first-order valence-corrected chi connectivity index (χ1v) is 10.2. The normalized spacial score (nSPS) is 17.7. The molecule has 0 spiro atoms. The molecule has 6 heteroatoms. The molecule has 1 saturated heterocycles. The highest BCUT2D eigenvalue weighted by atomic mass is 16.5. The third-order valence-electron chi connectivity index (χ3n) is 5.82. The summed E-state index contributed by atoms with van der Waals surface area (Å²) in [7, 11) is 0. The molecule has 1 aromatic heterocycles. The van der Waals surface area contributed by atoms with E-state index in [0.717, 1.165) is 53.4 Å². The fraction of sp³-hybridized carbons (Fsp3) is 0.292. The monoisotopic (exact) mass is 400 g/mol. The lowest BCUT2D eigenvalue weighted by atomic mass is 9.92. The maximum absolute atomic E-state index is 12.5. The summed E-state index contributed by atoms with van der Waals surface area (Å²) in [6, 6.07) is 13.8. The van der Waals surface area contributed by atoms with E-state index in [9.17, 15) is 4.79 Å². The topological polar surface area (TPSA) is 70.6 Å². The number of carbonyl (C=O) groups is 1. The first kappa shape index (κ1) is 18.6. The molecule has 3 heterocycles. The van der Waals surface area contributed by atoms with Gasteiger partial charge in [0.15, 0.2) is 0 Å². The molecule has 0 aliphatic carbocycles. The molecule has 30 heavy (non-hydrogen) atoms. The second-order valence-corrected chi connectivity index (χ2v) is 8.53. The Hall–Kier alpha value is -3.41. The number of benzene rings is 2. The molecule has 0 bridgehead atoms. The van der Waals surface area contributed by atoms with Crippen molar-refractivity contribution in [2.45, 2.75) is 26.8 Å². The summed E-state index contributed by atoms with van der Waals surface area (Å²) in [5, 5.41) is 0. The number of H-pyrrole nitrogens is 1. The summed E-state index contributed by atoms with van der Waals surface area (Å²) < 4.78 is 6.03. The zero-order chi connectivity index (χ0) is 20.7. The van der Waals surface area contributed by atoms with E-state index < -0.39 is 0 Å². The van der Waals surface area contributed by atoms with E-state index in [4.69, 9.17) is 4.74 Å². The van der Waals surface area contributed by atoms with Crippen molar-refractivity contribution in [3.05, 3.63) is 59.9 Å². The summed E-state index contributed by atoms with van der Waals surface area (Å²) in [5.74, 6) is 2.51. The Bertz CT molecular complexity index is 1170. The zero-order valence-corrected chi connectivity index (χ0v) is 17.2. The van der Waals surface area contributed by atoms with E-state index in [0.29, 0.717) is 6.54 Å². The zero-order valence-electron chi connectivity index (χ0n) is 17.2. The first-order chi connectivity index (χ1) is 14.5. The van der Waals surface area contributed by atoms with Gasteiger partial charge in [0.25, 0.3) is 0 Å². The van der Waals surface area contributed by atoms with E-state index >= 15 is 0 Å². The lowest BCUT2D eigenvalue weighted by molar-refractivity contribution is -0.135. The van der Waals surface area contributed by atoms with Gasteiger partial charge < -0.3 is 14.6 Å². The molecular weight excluding hydrogens is 376 g/mol. The molecule has 1 amide bonds. The Labute approximate surface area is 175 Å². The average Bonchev–Trinajstić information content (AvgIpc) is 3.45. The van der Waals surface area contributed by atoms with Crippen molar-refractivity contribution in [2.75, 3.05) is 13.1 Å². The van der Waals surface area contributed by atoms with Crippen LogP contribution < -0.4 is 4.74 Å². The number of aromatic amines is 1. The van der Waals surface area contributed by atoms with Gasteiger partial charge >= 0.3 is 0 Å². The number of allylic oxidation sites excluding steroid dienone is 1. The lowest BCUT2D eigenvalue weighted by Gasteiger charge is -2.18. The van der Waals surface area contributed by atoms with Crippen LogP contribution in [0.25, 0.3) is 16.6 Å². The van der Waals surface area contributed by atoms with Crippen LogP contribution >= 0.6 is 0 Å². The molecule has 0 atom stereocenters. The van der Waals surface area contributed by atoms with Gasteiger partial charge in [-0.25, -0.2) is 4.98 Å². The SMILES string of the molecule is CC1(C)CCN(Cc2nc3ccc(Oc4ccc(C5=CC=NC5)cc4)cc3[nH]2)C1=O. The molecule has 152 valence electrons. The van der Waals surface area contributed by atoms with Crippen molar-refractivity contribution in [2.24, 2.45) is 10.4 Å². The first-order valence-electron chi connectivity index (χ1n) is 10.2. The van der Waals surface area contributed by atoms with Crippen LogP contribution in [0.1, 0.15) is 31.7 Å². The fourth-order valence-corrected chi connectivity index (χ4v) is 3.97. The number of imidazole rings is 1. The maximum Gasteiger partial charge on any atom is 0.228 e. The standard InChI is InChI=1S/C24H24N4O2/c1-24(2)10-12-28(23(24)29)15-22-26-20-8-7-19(13-21(20)27-22)30-18-5-3-16(4-6-18)17-9-11-25-14-17/h3-9,11,13H,10,12,14-15H2,1-2H3,(H,26,27). The van der Waals surface area contributed by atoms with E-state index in [1.54, 1.807) is 0 Å². The number of likely N-dealkylation sites (tertiary alicyclic amines) is 1. The molecule has 2 aliphatic heterocycles. The van der Waals surface area contributed by atoms with E-state index in [-0.39, 0.29) is 11.3 Å². The van der Waals surface area contributed by atoms with Crippen LogP contribution in [-0.4, -0.2) is 40.1 Å². The maximum atomic E-state index is 12.5. The number of nitrogens with zero attached hydrogens (tertiary/aromatic N) is 3. The van der Waals surface area contributed by atoms with Crippen LogP contribution in [0.4, 0.5) is 0 Å². The highest BCUT2D eigenvalue weighted by Gasteiger charge is 2.38. The highest BCUT2D eigenvalue weighted by Crippen LogP contribution is 2.32. The number of carbonyl (C=O) groups excluding carboxylic acids is 1. The molecule has 1 N–H and O–H groups in total. The molecule has 6 nitrogen and oxygen atoms in total. The third-order valence-corrected chi connectivity index (χ3v) is 5.82. The van der Waals surface area contributed by atoms with Gasteiger partial charge in [-0.1, -0.05) is 26.0 Å². The Morgan fingerprint density at radius 1 is 1.13 bits per heavy atom. The predicted octanol–water partition coefficient (Wildman–Crippen LogP) is 4.58. The van der Waals surface area contributed by atoms with Crippen LogP contribution in [0.3, 0.4) is 0 Å². The molecule has 1 fully saturated rings. The molecular formula is C24H24N4O2. The number of ether oxygens (including phenoxy) is 1. The number of amides is 1. The third kappa shape index (κ3) is 3.49. The molecule has 0 radical (unpaired) electrons. The van der Waals surface area contributed by atoms with E-state index in [1.807, 2.05) is 61.4 Å². The molecule has 0 saturated carbocycles. The van der Waals surface area contributed by atoms with Gasteiger partial charge in [-0.3, -0.25) is 9.79 Å². The van der Waals surface area contributed by atoms with Crippen LogP contribution in [-0.2, 0) is 11.3 Å². The minimum absolute atomic E-state index is 0.190. The second kappa shape index (κ2) is 7.13. The number of fused-ring (bicyclic) bond motifs is 1. The molecule has 2 aliphatic rings. The minimum atomic E-state index is -0.274. The van der Waals surface area contributed by atoms with Gasteiger partial charge in [-0.05, 0) is 47.9 Å². The molecule has 3 aromatic rings. The van der Waals surface area contributed by atoms with Gasteiger partial charge in [0, 0.05) is 24.2 Å². The average molecular weight is 400 g/mol. The van der Waals surface area contributed by atoms with Crippen molar-refractivity contribution >= 4 is 28.7 Å². The number of nitrogens with one attached hydrogen (secondary N) is 1. The van der Waals surface area contributed by atoms with Crippen molar-refractivity contribution in [3.63, 3.8) is 0 Å². The fourth-order valence-electron chi connectivity index (χ4n) is 3.97. The van der Waals surface area contributed by atoms with Crippen molar-refractivity contribution in [3.8, 4) is 11.5 Å². The quantitative estimate of drug-likeness (QED) is 0.681. The Morgan fingerprint density at radius 3 is 2.63 bits per heavy atom. The van der Waals surface area contributed by atoms with Gasteiger partial charge in [-0.15, -0.1) is 0 Å². The minimum Gasteiger partial charge on any atom is -0.457 e. The Balaban J connectivity index is 1.30. The van der Waals surface area contributed by atoms with Gasteiger partial charge in [0.05, 0.1) is 24.1 Å². The number of aliphatic imine (C=N–C) groups is 1. The van der Waals surface area contributed by atoms with E-state index in [2.05, 4.69) is 27.1 Å². The number of hydrogen-bond donors (Lipinski definition) is 1. The Morgan fingerprint density at radius 2 is 1.93 bits per heavy atom. The highest BCUT2D eigenvalue weighted by molar-refractivity contribution is 5.89. The summed E-state index contributed by atoms with van der Waals surface area (Å²) >= 11 is 0. The summed E-state index contributed by atoms with van der Waals surface area (Å²) in [4.78, 5) is 26.5. The summed E-state index contributed by atoms with van der Waals surface area (Å²) in [5.41, 5.74) is 3.87. The van der Waals surface area contributed by atoms with Crippen LogP contribution in [0.5, 0.6) is 11.5 Å². The molecule has 0 unspecified atom stereocenters. The van der Waals surface area contributed by atoms with Crippen LogP contribution in [0, 0.1) is 5.41 Å². The Kier molecular flexibility index (Phi) is 4.42. The predicted molar refractivity (Wildman–Crippen MR) is 118 cm³/mol. The van der Waals surface area contributed by atoms with Crippen molar-refractivity contribution in [1.82, 2.24) is 14.9 Å². The van der Waals surface area contributed by atoms with Crippen LogP contribution in [0.2, 0.25) is 0 Å². The van der Waals surface area contributed by atoms with Gasteiger partial charge in [0.2, 0.25) is 5.91 Å². The number of hydrogen-bond acceptors (Lipinski definition) is 4. The van der Waals surface area contributed by atoms with Crippen molar-refractivity contribution in [1.29, 1.82) is 0 Å². The summed E-state index contributed by atoms with van der Waals surface area (Å²) in [6.45, 7) is 6.02. The molecule has 5 rings (SSSR count). The number of aromatic nitrogens is 2.